The summed E-state index contributed by atoms with van der Waals surface area (Å²) in [5.74, 6) is -1.43. The molecule has 148 valence electrons. The van der Waals surface area contributed by atoms with Gasteiger partial charge in [-0.15, -0.1) is 0 Å². The third-order valence-corrected chi connectivity index (χ3v) is 5.63. The number of H-pyrrole nitrogens is 1. The number of hydrogen-bond acceptors (Lipinski definition) is 4. The van der Waals surface area contributed by atoms with Crippen molar-refractivity contribution < 1.29 is 23.5 Å². The molecule has 1 aromatic heterocycles. The summed E-state index contributed by atoms with van der Waals surface area (Å²) in [4.78, 5) is 40.2. The molecular weight excluding hydrogens is 361 g/mol. The number of rotatable bonds is 6. The molecule has 1 saturated carbocycles. The molecule has 28 heavy (non-hydrogen) atoms. The first kappa shape index (κ1) is 20.0. The fraction of sp³-hybridized carbons (Fsp3) is 0.409. The number of carbonyl (C=O) groups excluding carboxylic acids is 3. The predicted octanol–water partition coefficient (Wildman–Crippen LogP) is 4.21. The second-order valence-corrected chi connectivity index (χ2v) is 7.48. The second kappa shape index (κ2) is 7.70. The number of ketones is 2. The number of ether oxygens (including phenoxy) is 1. The smallest absolute Gasteiger partial charge is 0.317 e. The first-order valence-corrected chi connectivity index (χ1v) is 9.43. The van der Waals surface area contributed by atoms with Crippen molar-refractivity contribution in [3.05, 3.63) is 58.2 Å². The summed E-state index contributed by atoms with van der Waals surface area (Å²) in [6.45, 7) is 4.44. The highest BCUT2D eigenvalue weighted by Gasteiger charge is 2.44. The molecule has 1 aliphatic rings. The van der Waals surface area contributed by atoms with Crippen molar-refractivity contribution in [1.82, 2.24) is 4.98 Å². The molecule has 0 radical (unpaired) electrons. The Morgan fingerprint density at radius 3 is 2.43 bits per heavy atom. The van der Waals surface area contributed by atoms with Crippen LogP contribution < -0.4 is 0 Å². The maximum atomic E-state index is 13.7. The molecule has 0 unspecified atom stereocenters. The zero-order chi connectivity index (χ0) is 20.5. The monoisotopic (exact) mass is 385 g/mol. The van der Waals surface area contributed by atoms with E-state index in [9.17, 15) is 18.8 Å². The van der Waals surface area contributed by atoms with Crippen LogP contribution in [0.2, 0.25) is 0 Å². The van der Waals surface area contributed by atoms with Crippen molar-refractivity contribution >= 4 is 17.5 Å². The van der Waals surface area contributed by atoms with Gasteiger partial charge in [-0.2, -0.15) is 0 Å². The number of hydrogen-bond donors (Lipinski definition) is 1. The molecule has 0 spiro atoms. The molecule has 1 heterocycles. The molecule has 0 amide bonds. The van der Waals surface area contributed by atoms with Gasteiger partial charge in [0.2, 0.25) is 5.78 Å². The molecule has 1 fully saturated rings. The fourth-order valence-electron chi connectivity index (χ4n) is 4.27. The lowest BCUT2D eigenvalue weighted by Crippen LogP contribution is -2.36. The van der Waals surface area contributed by atoms with Crippen molar-refractivity contribution in [2.45, 2.75) is 51.9 Å². The molecule has 3 rings (SSSR count). The van der Waals surface area contributed by atoms with Crippen LogP contribution in [-0.4, -0.2) is 29.1 Å². The maximum Gasteiger partial charge on any atom is 0.317 e. The molecule has 0 bridgehead atoms. The van der Waals surface area contributed by atoms with Crippen LogP contribution in [0.25, 0.3) is 0 Å². The van der Waals surface area contributed by atoms with E-state index in [1.165, 1.54) is 19.1 Å². The average molecular weight is 385 g/mol. The van der Waals surface area contributed by atoms with E-state index >= 15 is 0 Å². The highest BCUT2D eigenvalue weighted by atomic mass is 19.1. The predicted molar refractivity (Wildman–Crippen MR) is 102 cm³/mol. The standard InChI is InChI=1S/C22H24FNO4/c1-13-19(15(3)25)14(2)24-20(13)18(26)12-28-21(27)22(9-4-5-10-22)16-7-6-8-17(23)11-16/h6-8,11,24H,4-5,9-10,12H2,1-3H3. The molecule has 2 aromatic rings. The maximum absolute atomic E-state index is 13.7. The van der Waals surface area contributed by atoms with Crippen LogP contribution in [0.15, 0.2) is 24.3 Å². The van der Waals surface area contributed by atoms with Crippen molar-refractivity contribution in [3.63, 3.8) is 0 Å². The number of esters is 1. The Hall–Kier alpha value is -2.76. The van der Waals surface area contributed by atoms with E-state index in [-0.39, 0.29) is 11.5 Å². The van der Waals surface area contributed by atoms with Gasteiger partial charge in [0.05, 0.1) is 11.1 Å². The average Bonchev–Trinajstić information content (AvgIpc) is 3.25. The van der Waals surface area contributed by atoms with Gasteiger partial charge >= 0.3 is 5.97 Å². The van der Waals surface area contributed by atoms with Gasteiger partial charge in [0, 0.05) is 11.3 Å². The number of aromatic nitrogens is 1. The lowest BCUT2D eigenvalue weighted by molar-refractivity contribution is -0.149. The quantitative estimate of drug-likeness (QED) is 0.597. The Labute approximate surface area is 163 Å². The number of benzene rings is 1. The van der Waals surface area contributed by atoms with E-state index in [1.807, 2.05) is 0 Å². The third-order valence-electron chi connectivity index (χ3n) is 5.63. The van der Waals surface area contributed by atoms with Gasteiger partial charge in [-0.3, -0.25) is 14.4 Å². The molecule has 6 heteroatoms. The van der Waals surface area contributed by atoms with E-state index in [0.29, 0.717) is 35.2 Å². The van der Waals surface area contributed by atoms with Crippen molar-refractivity contribution in [3.8, 4) is 0 Å². The van der Waals surface area contributed by atoms with E-state index in [4.69, 9.17) is 4.74 Å². The Balaban J connectivity index is 1.78. The lowest BCUT2D eigenvalue weighted by atomic mass is 9.79. The zero-order valence-electron chi connectivity index (χ0n) is 16.4. The van der Waals surface area contributed by atoms with E-state index < -0.39 is 29.6 Å². The summed E-state index contributed by atoms with van der Waals surface area (Å²) in [6.07, 6.45) is 2.82. The number of carbonyl (C=O) groups is 3. The molecular formula is C22H24FNO4. The highest BCUT2D eigenvalue weighted by molar-refractivity contribution is 6.04. The Morgan fingerprint density at radius 1 is 1.18 bits per heavy atom. The summed E-state index contributed by atoms with van der Waals surface area (Å²) in [5.41, 5.74) is 1.63. The molecule has 1 aliphatic carbocycles. The van der Waals surface area contributed by atoms with Gasteiger partial charge in [0.25, 0.3) is 0 Å². The Kier molecular flexibility index (Phi) is 5.49. The van der Waals surface area contributed by atoms with Crippen LogP contribution in [0.3, 0.4) is 0 Å². The van der Waals surface area contributed by atoms with Gasteiger partial charge in [0.1, 0.15) is 5.82 Å². The zero-order valence-corrected chi connectivity index (χ0v) is 16.4. The highest BCUT2D eigenvalue weighted by Crippen LogP contribution is 2.42. The Bertz CT molecular complexity index is 938. The van der Waals surface area contributed by atoms with Crippen LogP contribution in [-0.2, 0) is 14.9 Å². The molecule has 0 aliphatic heterocycles. The number of Topliss-reactive ketones (excluding diaryl/α,β-unsaturated/α-hetero) is 2. The van der Waals surface area contributed by atoms with E-state index in [0.717, 1.165) is 12.8 Å². The summed E-state index contributed by atoms with van der Waals surface area (Å²) in [5, 5.41) is 0. The molecule has 1 N–H and O–H groups in total. The second-order valence-electron chi connectivity index (χ2n) is 7.48. The molecule has 0 saturated heterocycles. The minimum atomic E-state index is -0.909. The summed E-state index contributed by atoms with van der Waals surface area (Å²) >= 11 is 0. The minimum absolute atomic E-state index is 0.127. The first-order valence-electron chi connectivity index (χ1n) is 9.43. The van der Waals surface area contributed by atoms with E-state index in [2.05, 4.69) is 4.98 Å². The van der Waals surface area contributed by atoms with Crippen molar-refractivity contribution in [1.29, 1.82) is 0 Å². The fourth-order valence-corrected chi connectivity index (χ4v) is 4.27. The topological polar surface area (TPSA) is 76.2 Å². The third kappa shape index (κ3) is 3.51. The first-order chi connectivity index (χ1) is 13.3. The number of aryl methyl sites for hydroxylation is 1. The lowest BCUT2D eigenvalue weighted by Gasteiger charge is -2.27. The van der Waals surface area contributed by atoms with Crippen LogP contribution in [0, 0.1) is 19.7 Å². The van der Waals surface area contributed by atoms with Gasteiger partial charge in [-0.25, -0.2) is 4.39 Å². The van der Waals surface area contributed by atoms with Crippen molar-refractivity contribution in [2.24, 2.45) is 0 Å². The summed E-state index contributed by atoms with van der Waals surface area (Å²) < 4.78 is 19.1. The van der Waals surface area contributed by atoms with Gasteiger partial charge in [-0.05, 0) is 56.9 Å². The molecule has 5 nitrogen and oxygen atoms in total. The van der Waals surface area contributed by atoms with Gasteiger partial charge in [0.15, 0.2) is 12.4 Å². The Morgan fingerprint density at radius 2 is 1.86 bits per heavy atom. The largest absolute Gasteiger partial charge is 0.457 e. The van der Waals surface area contributed by atoms with Crippen LogP contribution in [0.1, 0.15) is 70.3 Å². The molecule has 0 atom stereocenters. The van der Waals surface area contributed by atoms with Crippen molar-refractivity contribution in [2.75, 3.05) is 6.61 Å². The molecule has 1 aromatic carbocycles. The number of nitrogens with one attached hydrogen (secondary N) is 1. The van der Waals surface area contributed by atoms with E-state index in [1.54, 1.807) is 26.0 Å². The van der Waals surface area contributed by atoms with Crippen LogP contribution in [0.5, 0.6) is 0 Å². The number of halogens is 1. The van der Waals surface area contributed by atoms with Crippen LogP contribution in [0.4, 0.5) is 4.39 Å². The SMILES string of the molecule is CC(=O)c1c(C)[nH]c(C(=O)COC(=O)C2(c3cccc(F)c3)CCCC2)c1C. The summed E-state index contributed by atoms with van der Waals surface area (Å²) in [6, 6.07) is 6.02. The van der Waals surface area contributed by atoms with Gasteiger partial charge in [-0.1, -0.05) is 25.0 Å². The van der Waals surface area contributed by atoms with Gasteiger partial charge < -0.3 is 9.72 Å². The minimum Gasteiger partial charge on any atom is -0.457 e. The number of aromatic amines is 1. The normalized spacial score (nSPS) is 15.4. The van der Waals surface area contributed by atoms with Crippen LogP contribution >= 0.6 is 0 Å². The summed E-state index contributed by atoms with van der Waals surface area (Å²) in [7, 11) is 0.